The lowest BCUT2D eigenvalue weighted by Gasteiger charge is -2.45. The molecule has 1 aliphatic heterocycles. The van der Waals surface area contributed by atoms with Gasteiger partial charge in [-0.05, 0) is 46.9 Å². The minimum Gasteiger partial charge on any atom is -0.503 e. The summed E-state index contributed by atoms with van der Waals surface area (Å²) in [6.45, 7) is 2.14. The Morgan fingerprint density at radius 2 is 1.44 bits per heavy atom. The predicted octanol–water partition coefficient (Wildman–Crippen LogP) is 4.67. The fraction of sp³-hybridized carbons (Fsp3) is 0.222. The van der Waals surface area contributed by atoms with Gasteiger partial charge in [0.1, 0.15) is 0 Å². The molecule has 2 amide bonds. The molecule has 3 aliphatic carbocycles. The molecule has 1 N–H and O–H groups in total. The summed E-state index contributed by atoms with van der Waals surface area (Å²) in [7, 11) is 0. The van der Waals surface area contributed by atoms with E-state index in [1.807, 2.05) is 24.3 Å². The van der Waals surface area contributed by atoms with Crippen molar-refractivity contribution in [3.8, 4) is 11.5 Å². The third-order valence-corrected chi connectivity index (χ3v) is 7.39. The summed E-state index contributed by atoms with van der Waals surface area (Å²) in [5, 5.41) is 15.5. The number of amides is 2. The van der Waals surface area contributed by atoms with Gasteiger partial charge >= 0.3 is 0 Å². The average molecular weight is 473 g/mol. The van der Waals surface area contributed by atoms with E-state index in [0.29, 0.717) is 12.2 Å². The first kappa shape index (κ1) is 20.9. The summed E-state index contributed by atoms with van der Waals surface area (Å²) >= 11 is 6.12. The summed E-state index contributed by atoms with van der Waals surface area (Å²) in [6, 6.07) is 19.3. The molecule has 6 nitrogen and oxygen atoms in total. The summed E-state index contributed by atoms with van der Waals surface area (Å²) in [5.74, 6) is -1.84. The Labute approximate surface area is 201 Å². The van der Waals surface area contributed by atoms with Crippen molar-refractivity contribution in [1.82, 2.24) is 5.01 Å². The van der Waals surface area contributed by atoms with E-state index < -0.39 is 11.8 Å². The number of imide groups is 1. The Morgan fingerprint density at radius 1 is 0.941 bits per heavy atom. The van der Waals surface area contributed by atoms with Crippen molar-refractivity contribution >= 4 is 29.6 Å². The molecule has 34 heavy (non-hydrogen) atoms. The number of hydrogen-bond acceptors (Lipinski definition) is 5. The molecular weight excluding hydrogens is 452 g/mol. The van der Waals surface area contributed by atoms with Crippen molar-refractivity contribution in [2.24, 2.45) is 16.9 Å². The van der Waals surface area contributed by atoms with Crippen LogP contribution in [0, 0.1) is 11.8 Å². The normalized spacial score (nSPS) is 24.4. The Hall–Kier alpha value is -3.64. The molecule has 3 aromatic carbocycles. The van der Waals surface area contributed by atoms with Crippen molar-refractivity contribution in [3.63, 3.8) is 0 Å². The first-order valence-corrected chi connectivity index (χ1v) is 11.6. The SMILES string of the molecule is CCOc1cc(C=NN2C(=O)C3C4c5ccccc5C(c5ccccc54)C3C2=O)cc(Cl)c1O. The summed E-state index contributed by atoms with van der Waals surface area (Å²) in [4.78, 5) is 27.1. The lowest BCUT2D eigenvalue weighted by Crippen LogP contribution is -2.41. The maximum atomic E-state index is 13.6. The first-order valence-electron chi connectivity index (χ1n) is 11.3. The number of phenols is 1. The van der Waals surface area contributed by atoms with E-state index in [2.05, 4.69) is 29.4 Å². The molecule has 2 unspecified atom stereocenters. The van der Waals surface area contributed by atoms with Gasteiger partial charge in [0.15, 0.2) is 11.5 Å². The van der Waals surface area contributed by atoms with E-state index in [4.69, 9.17) is 16.3 Å². The zero-order chi connectivity index (χ0) is 23.6. The van der Waals surface area contributed by atoms with Crippen molar-refractivity contribution in [3.05, 3.63) is 93.5 Å². The minimum atomic E-state index is -0.484. The van der Waals surface area contributed by atoms with Crippen molar-refractivity contribution in [1.29, 1.82) is 0 Å². The van der Waals surface area contributed by atoms with Crippen LogP contribution in [0.5, 0.6) is 11.5 Å². The molecule has 2 atom stereocenters. The third kappa shape index (κ3) is 2.85. The predicted molar refractivity (Wildman–Crippen MR) is 127 cm³/mol. The topological polar surface area (TPSA) is 79.2 Å². The number of carbonyl (C=O) groups is 2. The quantitative estimate of drug-likeness (QED) is 0.442. The molecule has 170 valence electrons. The number of ether oxygens (including phenoxy) is 1. The van der Waals surface area contributed by atoms with Crippen LogP contribution >= 0.6 is 11.6 Å². The maximum Gasteiger partial charge on any atom is 0.254 e. The molecule has 7 heteroatoms. The molecule has 4 aliphatic rings. The fourth-order valence-electron chi connectivity index (χ4n) is 5.83. The lowest BCUT2D eigenvalue weighted by atomic mass is 9.55. The average Bonchev–Trinajstić information content (AvgIpc) is 3.11. The van der Waals surface area contributed by atoms with Gasteiger partial charge in [-0.15, -0.1) is 0 Å². The molecule has 0 radical (unpaired) electrons. The second kappa shape index (κ2) is 7.71. The minimum absolute atomic E-state index is 0.101. The molecule has 0 aromatic heterocycles. The monoisotopic (exact) mass is 472 g/mol. The van der Waals surface area contributed by atoms with Crippen LogP contribution in [0.15, 0.2) is 65.8 Å². The second-order valence-electron chi connectivity index (χ2n) is 8.78. The fourth-order valence-corrected chi connectivity index (χ4v) is 6.05. The third-order valence-electron chi connectivity index (χ3n) is 7.10. The maximum absolute atomic E-state index is 13.6. The number of aromatic hydroxyl groups is 1. The van der Waals surface area contributed by atoms with E-state index in [9.17, 15) is 14.7 Å². The molecule has 1 saturated heterocycles. The standard InChI is InChI=1S/C27H21ClN2O4/c1-2-34-20-12-14(11-19(28)25(20)31)13-29-30-26(32)23-21-15-7-3-4-8-16(15)22(24(23)27(30)33)18-10-6-5-9-17(18)21/h3-13,21-24,31H,2H2,1H3. The van der Waals surface area contributed by atoms with E-state index in [1.165, 1.54) is 12.3 Å². The van der Waals surface area contributed by atoms with Crippen LogP contribution in [-0.2, 0) is 9.59 Å². The van der Waals surface area contributed by atoms with Crippen LogP contribution in [0.25, 0.3) is 0 Å². The highest BCUT2D eigenvalue weighted by molar-refractivity contribution is 6.32. The van der Waals surface area contributed by atoms with Gasteiger partial charge in [-0.25, -0.2) is 0 Å². The summed E-state index contributed by atoms with van der Waals surface area (Å²) < 4.78 is 5.41. The Morgan fingerprint density at radius 3 is 1.91 bits per heavy atom. The van der Waals surface area contributed by atoms with Gasteiger partial charge in [0.25, 0.3) is 11.8 Å². The summed E-state index contributed by atoms with van der Waals surface area (Å²) in [5.41, 5.74) is 4.98. The van der Waals surface area contributed by atoms with Crippen molar-refractivity contribution in [2.75, 3.05) is 6.61 Å². The van der Waals surface area contributed by atoms with Gasteiger partial charge in [-0.1, -0.05) is 60.1 Å². The molecule has 2 bridgehead atoms. The summed E-state index contributed by atoms with van der Waals surface area (Å²) in [6.07, 6.45) is 1.41. The van der Waals surface area contributed by atoms with Gasteiger partial charge in [0.05, 0.1) is 29.7 Å². The van der Waals surface area contributed by atoms with Gasteiger partial charge in [0, 0.05) is 11.8 Å². The molecule has 1 fully saturated rings. The van der Waals surface area contributed by atoms with Crippen LogP contribution < -0.4 is 4.74 Å². The number of nitrogens with zero attached hydrogens (tertiary/aromatic N) is 2. The highest BCUT2D eigenvalue weighted by Gasteiger charge is 2.61. The number of rotatable bonds is 4. The Kier molecular flexibility index (Phi) is 4.74. The lowest BCUT2D eigenvalue weighted by molar-refractivity contribution is -0.139. The van der Waals surface area contributed by atoms with Crippen molar-refractivity contribution < 1.29 is 19.4 Å². The van der Waals surface area contributed by atoms with Crippen LogP contribution in [0.1, 0.15) is 46.6 Å². The molecule has 1 heterocycles. The second-order valence-corrected chi connectivity index (χ2v) is 9.19. The van der Waals surface area contributed by atoms with E-state index >= 15 is 0 Å². The smallest absolute Gasteiger partial charge is 0.254 e. The van der Waals surface area contributed by atoms with E-state index in [1.54, 1.807) is 13.0 Å². The molecular formula is C27H21ClN2O4. The zero-order valence-corrected chi connectivity index (χ0v) is 19.1. The van der Waals surface area contributed by atoms with Gasteiger partial charge < -0.3 is 9.84 Å². The number of hydrogen-bond donors (Lipinski definition) is 1. The van der Waals surface area contributed by atoms with Crippen LogP contribution in [0.3, 0.4) is 0 Å². The number of carbonyl (C=O) groups excluding carboxylic acids is 2. The molecule has 7 rings (SSSR count). The Balaban J connectivity index is 1.40. The van der Waals surface area contributed by atoms with Crippen LogP contribution in [-0.4, -0.2) is 34.8 Å². The van der Waals surface area contributed by atoms with Crippen LogP contribution in [0.2, 0.25) is 5.02 Å². The van der Waals surface area contributed by atoms with E-state index in [0.717, 1.165) is 27.3 Å². The number of phenolic OH excluding ortho intramolecular Hbond substituents is 1. The zero-order valence-electron chi connectivity index (χ0n) is 18.3. The largest absolute Gasteiger partial charge is 0.503 e. The van der Waals surface area contributed by atoms with Crippen molar-refractivity contribution in [2.45, 2.75) is 18.8 Å². The molecule has 3 aromatic rings. The number of benzene rings is 3. The molecule has 0 spiro atoms. The first-order chi connectivity index (χ1) is 16.5. The number of halogens is 1. The Bertz CT molecular complexity index is 1270. The number of hydrazone groups is 1. The van der Waals surface area contributed by atoms with Gasteiger partial charge in [0.2, 0.25) is 0 Å². The molecule has 0 saturated carbocycles. The van der Waals surface area contributed by atoms with Crippen LogP contribution in [0.4, 0.5) is 0 Å². The highest BCUT2D eigenvalue weighted by atomic mass is 35.5. The van der Waals surface area contributed by atoms with E-state index in [-0.39, 0.29) is 40.2 Å². The highest BCUT2D eigenvalue weighted by Crippen LogP contribution is 2.60. The van der Waals surface area contributed by atoms with Gasteiger partial charge in [-0.2, -0.15) is 10.1 Å². The van der Waals surface area contributed by atoms with Gasteiger partial charge in [-0.3, -0.25) is 9.59 Å².